The van der Waals surface area contributed by atoms with Gasteiger partial charge in [0.15, 0.2) is 5.78 Å². The van der Waals surface area contributed by atoms with Gasteiger partial charge in [0.2, 0.25) is 0 Å². The van der Waals surface area contributed by atoms with Gasteiger partial charge in [-0.15, -0.1) is 42.7 Å². The summed E-state index contributed by atoms with van der Waals surface area (Å²) in [6.07, 6.45) is 18.5. The van der Waals surface area contributed by atoms with Crippen LogP contribution in [0.3, 0.4) is 0 Å². The monoisotopic (exact) mass is 840 g/mol. The summed E-state index contributed by atoms with van der Waals surface area (Å²) in [7, 11) is 1.31. The Morgan fingerprint density at radius 3 is 2.38 bits per heavy atom. The molecule has 7 rings (SSSR count). The van der Waals surface area contributed by atoms with Crippen molar-refractivity contribution in [2.75, 3.05) is 13.7 Å². The molecule has 10 nitrogen and oxygen atoms in total. The summed E-state index contributed by atoms with van der Waals surface area (Å²) in [5.74, 6) is -1.22. The molecule has 3 aliphatic heterocycles. The van der Waals surface area contributed by atoms with E-state index >= 15 is 0 Å². The van der Waals surface area contributed by atoms with E-state index in [1.165, 1.54) is 38.4 Å². The summed E-state index contributed by atoms with van der Waals surface area (Å²) in [4.78, 5) is 63.6. The van der Waals surface area contributed by atoms with Crippen molar-refractivity contribution in [2.45, 2.75) is 132 Å². The smallest absolute Gasteiger partial charge is 0.657 e. The topological polar surface area (TPSA) is 129 Å². The molecule has 3 aromatic heterocycles. The standard InChI is InChI=1S/C50H64N4O6.Mg/c1-12-34-30(7)37-24-40-35(13-2)31(8)41(52-40)26-50-33(10)36(20-21-42(55)59-23-22-29(6)19-15-18-28(5)17-14-16-27(3)4)47(54(50)60-50)44-45(49(57)58-11)48(56)43-32(9)38(53-46(43)44)25-39(34)51-37;/h13,22,24-28,33,36,45,47H,2,12,14-21,23H2,1,3-11H3,(H-,51,52,56);/q-2;+2/b29-22+,41-26-;/t28-,33+,36+,45-,47?,50+,54?;/m1./s1. The molecule has 6 heterocycles. The molecular weight excluding hydrogens is 777 g/mol. The number of nitrogens with zero attached hydrogens (tertiary/aromatic N) is 3. The SMILES string of the molecule is C=Cc1c(C)/c2[n-]/c1=C\c1[n-]c(c(CC)c1C)/C=c1\[n-]c3c(c1C)C(=O)[C@H](C(=O)OC)C=3C1[C@@H](CCC(=O)OC/C=C(\C)CCC[C@H](C)CCCC(C)C)[C@H](C)[C@]3(\C=2)O[NH+]13.[Mg+2]. The molecular formula is C50H64MgN4O6. The van der Waals surface area contributed by atoms with Gasteiger partial charge in [-0.05, 0) is 88.5 Å². The van der Waals surface area contributed by atoms with Crippen LogP contribution in [0.2, 0.25) is 0 Å². The van der Waals surface area contributed by atoms with Gasteiger partial charge in [-0.25, -0.2) is 0 Å². The summed E-state index contributed by atoms with van der Waals surface area (Å²) in [6.45, 7) is 23.6. The molecule has 2 unspecified atom stereocenters. The fraction of sp³-hybridized carbons (Fsp3) is 0.540. The number of aromatic nitrogens is 3. The van der Waals surface area contributed by atoms with Crippen LogP contribution in [-0.2, 0) is 30.3 Å². The number of ketones is 1. The summed E-state index contributed by atoms with van der Waals surface area (Å²) in [5.41, 5.74) is 7.81. The molecule has 2 fully saturated rings. The van der Waals surface area contributed by atoms with Crippen molar-refractivity contribution in [3.8, 4) is 0 Å². The van der Waals surface area contributed by atoms with Crippen LogP contribution in [0.4, 0.5) is 0 Å². The van der Waals surface area contributed by atoms with E-state index in [1.807, 2.05) is 38.2 Å². The number of hydroxylamine groups is 2. The van der Waals surface area contributed by atoms with Gasteiger partial charge in [0, 0.05) is 17.9 Å². The molecule has 322 valence electrons. The van der Waals surface area contributed by atoms with Gasteiger partial charge in [0.05, 0.1) is 13.0 Å². The Bertz CT molecular complexity index is 2480. The summed E-state index contributed by atoms with van der Waals surface area (Å²) in [6, 6.07) is -0.472. The third kappa shape index (κ3) is 8.73. The average Bonchev–Trinajstić information content (AvgIpc) is 3.34. The second-order valence-corrected chi connectivity index (χ2v) is 18.3. The number of rotatable bonds is 16. The molecule has 0 saturated carbocycles. The van der Waals surface area contributed by atoms with E-state index in [2.05, 4.69) is 61.1 Å². The first-order valence-corrected chi connectivity index (χ1v) is 22.2. The third-order valence-electron chi connectivity index (χ3n) is 14.0. The number of nitrogens with one attached hydrogen (secondary N) is 1. The Labute approximate surface area is 377 Å². The molecule has 0 aromatic carbocycles. The van der Waals surface area contributed by atoms with Gasteiger partial charge >= 0.3 is 40.7 Å². The van der Waals surface area contributed by atoms with Crippen molar-refractivity contribution in [2.24, 2.45) is 29.6 Å². The number of Topliss-reactive ketones (excluding diaryl/α,β-unsaturated/α-hetero) is 1. The number of methoxy groups -OCH3 is 1. The first-order chi connectivity index (χ1) is 28.6. The average molecular weight is 841 g/mol. The quantitative estimate of drug-likeness (QED) is 0.0750. The Morgan fingerprint density at radius 1 is 0.967 bits per heavy atom. The molecule has 1 N–H and O–H groups in total. The zero-order valence-corrected chi connectivity index (χ0v) is 39.5. The van der Waals surface area contributed by atoms with Crippen molar-refractivity contribution >= 4 is 70.7 Å². The second kappa shape index (κ2) is 18.8. The van der Waals surface area contributed by atoms with Crippen molar-refractivity contribution < 1.29 is 33.8 Å². The van der Waals surface area contributed by atoms with Crippen LogP contribution in [0.15, 0.2) is 18.2 Å². The molecule has 0 spiro atoms. The Hall–Kier alpha value is -3.90. The molecule has 4 aliphatic rings. The maximum atomic E-state index is 14.4. The van der Waals surface area contributed by atoms with E-state index in [-0.39, 0.29) is 59.7 Å². The molecule has 61 heavy (non-hydrogen) atoms. The molecule has 7 atom stereocenters. The predicted octanol–water partition coefficient (Wildman–Crippen LogP) is 3.96. The number of allylic oxidation sites excluding steroid dienone is 1. The fourth-order valence-electron chi connectivity index (χ4n) is 10.3. The number of hydrogen-bond donors (Lipinski definition) is 1. The van der Waals surface area contributed by atoms with E-state index in [9.17, 15) is 14.4 Å². The van der Waals surface area contributed by atoms with Crippen LogP contribution in [-0.4, -0.2) is 66.3 Å². The molecule has 8 bridgehead atoms. The molecule has 1 aliphatic carbocycles. The van der Waals surface area contributed by atoms with E-state index in [1.54, 1.807) is 0 Å². The van der Waals surface area contributed by atoms with Crippen LogP contribution < -0.4 is 41.4 Å². The second-order valence-electron chi connectivity index (χ2n) is 18.3. The van der Waals surface area contributed by atoms with Gasteiger partial charge in [0.25, 0.3) is 0 Å². The number of ether oxygens (including phenoxy) is 2. The molecule has 2 saturated heterocycles. The van der Waals surface area contributed by atoms with E-state index in [0.29, 0.717) is 33.8 Å². The van der Waals surface area contributed by atoms with Gasteiger partial charge < -0.3 is 24.4 Å². The third-order valence-corrected chi connectivity index (χ3v) is 14.0. The first kappa shape index (κ1) is 46.6. The van der Waals surface area contributed by atoms with Crippen LogP contribution in [0, 0.1) is 50.4 Å². The minimum absolute atomic E-state index is 0. The van der Waals surface area contributed by atoms with Gasteiger partial charge in [0.1, 0.15) is 18.6 Å². The number of quaternary nitrogens is 1. The van der Waals surface area contributed by atoms with Crippen LogP contribution in [0.1, 0.15) is 142 Å². The predicted molar refractivity (Wildman–Crippen MR) is 239 cm³/mol. The maximum absolute atomic E-state index is 14.4. The minimum Gasteiger partial charge on any atom is -0.657 e. The summed E-state index contributed by atoms with van der Waals surface area (Å²) < 4.78 is 11.1. The van der Waals surface area contributed by atoms with Gasteiger partial charge in [-0.1, -0.05) is 113 Å². The van der Waals surface area contributed by atoms with Gasteiger partial charge in [-0.3, -0.25) is 14.4 Å². The largest absolute Gasteiger partial charge is 2.00 e. The normalized spacial score (nSPS) is 25.7. The minimum atomic E-state index is -1.17. The van der Waals surface area contributed by atoms with Crippen LogP contribution in [0.5, 0.6) is 0 Å². The zero-order valence-electron chi connectivity index (χ0n) is 38.1. The van der Waals surface area contributed by atoms with Crippen LogP contribution in [0.25, 0.3) is 29.9 Å². The van der Waals surface area contributed by atoms with Crippen molar-refractivity contribution in [1.29, 1.82) is 0 Å². The van der Waals surface area contributed by atoms with Crippen molar-refractivity contribution in [3.63, 3.8) is 0 Å². The molecule has 0 amide bonds. The number of carbonyl (C=O) groups excluding carboxylic acids is 3. The molecule has 0 radical (unpaired) electrons. The molecule has 11 heteroatoms. The number of esters is 2. The number of fused-ring (bicyclic) bond motifs is 6. The maximum Gasteiger partial charge on any atom is 2.00 e. The zero-order chi connectivity index (χ0) is 43.2. The van der Waals surface area contributed by atoms with Crippen molar-refractivity contribution in [1.82, 2.24) is 15.0 Å². The van der Waals surface area contributed by atoms with Gasteiger partial charge in [-0.2, -0.15) is 0 Å². The Morgan fingerprint density at radius 2 is 1.69 bits per heavy atom. The van der Waals surface area contributed by atoms with Crippen molar-refractivity contribution in [3.05, 3.63) is 84.4 Å². The number of carbonyl (C=O) groups is 3. The first-order valence-electron chi connectivity index (χ1n) is 22.2. The number of hydrogen-bond acceptors (Lipinski definition) is 6. The Kier molecular flexibility index (Phi) is 14.4. The summed E-state index contributed by atoms with van der Waals surface area (Å²) in [5, 5.41) is 3.47. The Balaban J connectivity index is 0.00000622. The van der Waals surface area contributed by atoms with E-state index < -0.39 is 23.7 Å². The fourth-order valence-corrected chi connectivity index (χ4v) is 10.3. The van der Waals surface area contributed by atoms with E-state index in [4.69, 9.17) is 29.3 Å². The summed E-state index contributed by atoms with van der Waals surface area (Å²) >= 11 is 0. The van der Waals surface area contributed by atoms with E-state index in [0.717, 1.165) is 80.5 Å². The van der Waals surface area contributed by atoms with Crippen LogP contribution >= 0.6 is 0 Å². The molecule has 3 aromatic rings.